The second-order valence-corrected chi connectivity index (χ2v) is 9.61. The van der Waals surface area contributed by atoms with Gasteiger partial charge in [0.05, 0.1) is 18.1 Å². The molecule has 3 aromatic carbocycles. The smallest absolute Gasteiger partial charge is 0.265 e. The molecule has 1 amide bonds. The van der Waals surface area contributed by atoms with Gasteiger partial charge in [0, 0.05) is 18.8 Å². The number of hydrogen-bond acceptors (Lipinski definition) is 6. The number of sulfonamides is 1. The first-order valence-electron chi connectivity index (χ1n) is 10.9. The number of benzene rings is 3. The van der Waals surface area contributed by atoms with Crippen molar-refractivity contribution < 1.29 is 27.4 Å². The fourth-order valence-corrected chi connectivity index (χ4v) is 4.77. The van der Waals surface area contributed by atoms with Crippen LogP contribution in [0.5, 0.6) is 17.2 Å². The minimum atomic E-state index is -3.58. The molecule has 0 spiro atoms. The average molecular weight is 483 g/mol. The Labute approximate surface area is 199 Å². The van der Waals surface area contributed by atoms with E-state index in [2.05, 4.69) is 5.32 Å². The number of nitrogens with one attached hydrogen (secondary N) is 1. The highest BCUT2D eigenvalue weighted by Gasteiger charge is 2.26. The second-order valence-electron chi connectivity index (χ2n) is 7.68. The third-order valence-electron chi connectivity index (χ3n) is 5.21. The summed E-state index contributed by atoms with van der Waals surface area (Å²) in [4.78, 5) is 12.7. The van der Waals surface area contributed by atoms with Gasteiger partial charge in [0.2, 0.25) is 10.0 Å². The maximum atomic E-state index is 12.7. The van der Waals surface area contributed by atoms with Crippen molar-refractivity contribution in [1.29, 1.82) is 0 Å². The number of carbonyl (C=O) groups excluding carboxylic acids is 1. The monoisotopic (exact) mass is 482 g/mol. The minimum absolute atomic E-state index is 0.177. The molecule has 0 unspecified atom stereocenters. The lowest BCUT2D eigenvalue weighted by atomic mass is 10.2. The largest absolute Gasteiger partial charge is 0.481 e. The fourth-order valence-electron chi connectivity index (χ4n) is 3.36. The van der Waals surface area contributed by atoms with Gasteiger partial charge in [0.25, 0.3) is 5.91 Å². The molecule has 1 aliphatic rings. The molecule has 1 fully saturated rings. The summed E-state index contributed by atoms with van der Waals surface area (Å²) in [6.07, 6.45) is -0.790. The van der Waals surface area contributed by atoms with Gasteiger partial charge in [0.1, 0.15) is 17.2 Å². The second kappa shape index (κ2) is 10.7. The topological polar surface area (TPSA) is 94.2 Å². The van der Waals surface area contributed by atoms with Gasteiger partial charge in [-0.05, 0) is 67.6 Å². The number of nitrogens with zero attached hydrogens (tertiary/aromatic N) is 1. The Balaban J connectivity index is 1.31. The average Bonchev–Trinajstić information content (AvgIpc) is 2.87. The third kappa shape index (κ3) is 5.93. The van der Waals surface area contributed by atoms with E-state index < -0.39 is 16.1 Å². The quantitative estimate of drug-likeness (QED) is 0.523. The van der Waals surface area contributed by atoms with Gasteiger partial charge in [-0.25, -0.2) is 8.42 Å². The number of anilines is 1. The summed E-state index contributed by atoms with van der Waals surface area (Å²) in [6, 6.07) is 22.5. The SMILES string of the molecule is C[C@@H](Oc1ccc(S(=O)(=O)N2CCOCC2)cc1)C(=O)Nc1ccc(Oc2ccccc2)cc1. The molecule has 9 heteroatoms. The molecule has 1 saturated heterocycles. The van der Waals surface area contributed by atoms with E-state index in [1.165, 1.54) is 16.4 Å². The molecule has 1 heterocycles. The van der Waals surface area contributed by atoms with Crippen molar-refractivity contribution in [2.75, 3.05) is 31.6 Å². The van der Waals surface area contributed by atoms with E-state index in [0.29, 0.717) is 43.5 Å². The van der Waals surface area contributed by atoms with Crippen LogP contribution in [0.2, 0.25) is 0 Å². The van der Waals surface area contributed by atoms with Crippen LogP contribution in [0.4, 0.5) is 5.69 Å². The van der Waals surface area contributed by atoms with Crippen LogP contribution in [-0.4, -0.2) is 51.0 Å². The van der Waals surface area contributed by atoms with Crippen LogP contribution >= 0.6 is 0 Å². The van der Waals surface area contributed by atoms with E-state index in [0.717, 1.165) is 5.75 Å². The van der Waals surface area contributed by atoms with Gasteiger partial charge in [-0.1, -0.05) is 18.2 Å². The molecule has 1 N–H and O–H groups in total. The number of rotatable bonds is 8. The van der Waals surface area contributed by atoms with Crippen LogP contribution in [0, 0.1) is 0 Å². The molecule has 0 aromatic heterocycles. The zero-order chi connectivity index (χ0) is 24.0. The highest BCUT2D eigenvalue weighted by molar-refractivity contribution is 7.89. The summed E-state index contributed by atoms with van der Waals surface area (Å²) in [5.74, 6) is 1.45. The van der Waals surface area contributed by atoms with Gasteiger partial charge in [-0.2, -0.15) is 4.31 Å². The zero-order valence-electron chi connectivity index (χ0n) is 18.7. The van der Waals surface area contributed by atoms with E-state index in [1.807, 2.05) is 30.3 Å². The molecule has 8 nitrogen and oxygen atoms in total. The van der Waals surface area contributed by atoms with Crippen LogP contribution in [0.15, 0.2) is 83.8 Å². The van der Waals surface area contributed by atoms with Crippen molar-refractivity contribution in [3.05, 3.63) is 78.9 Å². The van der Waals surface area contributed by atoms with Crippen LogP contribution in [0.25, 0.3) is 0 Å². The maximum Gasteiger partial charge on any atom is 0.265 e. The standard InChI is InChI=1S/C25H26N2O6S/c1-19(25(28)26-20-7-9-23(10-8-20)33-21-5-3-2-4-6-21)32-22-11-13-24(14-12-22)34(29,30)27-15-17-31-18-16-27/h2-14,19H,15-18H2,1H3,(H,26,28)/t19-/m1/s1. The van der Waals surface area contributed by atoms with Crippen molar-refractivity contribution >= 4 is 21.6 Å². The van der Waals surface area contributed by atoms with E-state index in [9.17, 15) is 13.2 Å². The van der Waals surface area contributed by atoms with Crippen molar-refractivity contribution in [3.63, 3.8) is 0 Å². The number of hydrogen-bond donors (Lipinski definition) is 1. The molecular formula is C25H26N2O6S. The van der Waals surface area contributed by atoms with Gasteiger partial charge in [0.15, 0.2) is 6.10 Å². The van der Waals surface area contributed by atoms with Gasteiger partial charge < -0.3 is 19.5 Å². The molecule has 3 aromatic rings. The number of morpholine rings is 1. The van der Waals surface area contributed by atoms with Gasteiger partial charge in [-0.3, -0.25) is 4.79 Å². The molecule has 1 aliphatic heterocycles. The van der Waals surface area contributed by atoms with E-state index in [4.69, 9.17) is 14.2 Å². The first-order chi connectivity index (χ1) is 16.4. The third-order valence-corrected chi connectivity index (χ3v) is 7.13. The van der Waals surface area contributed by atoms with Crippen molar-refractivity contribution in [2.45, 2.75) is 17.9 Å². The van der Waals surface area contributed by atoms with Crippen molar-refractivity contribution in [1.82, 2.24) is 4.31 Å². The molecule has 0 bridgehead atoms. The van der Waals surface area contributed by atoms with Crippen LogP contribution in [0.1, 0.15) is 6.92 Å². The summed E-state index contributed by atoms with van der Waals surface area (Å²) in [5, 5.41) is 2.80. The minimum Gasteiger partial charge on any atom is -0.481 e. The molecule has 0 radical (unpaired) electrons. The lowest BCUT2D eigenvalue weighted by molar-refractivity contribution is -0.122. The Kier molecular flexibility index (Phi) is 7.46. The summed E-state index contributed by atoms with van der Waals surface area (Å²) in [7, 11) is -3.58. The number of ether oxygens (including phenoxy) is 3. The summed E-state index contributed by atoms with van der Waals surface area (Å²) in [5.41, 5.74) is 0.604. The number of amides is 1. The molecule has 178 valence electrons. The van der Waals surface area contributed by atoms with Crippen molar-refractivity contribution in [2.24, 2.45) is 0 Å². The lowest BCUT2D eigenvalue weighted by Gasteiger charge is -2.26. The number of para-hydroxylation sites is 1. The van der Waals surface area contributed by atoms with Gasteiger partial charge >= 0.3 is 0 Å². The highest BCUT2D eigenvalue weighted by atomic mass is 32.2. The van der Waals surface area contributed by atoms with Crippen LogP contribution in [0.3, 0.4) is 0 Å². The molecule has 0 saturated carbocycles. The predicted octanol–water partition coefficient (Wildman–Crippen LogP) is 3.91. The molecule has 0 aliphatic carbocycles. The van der Waals surface area contributed by atoms with Gasteiger partial charge in [-0.15, -0.1) is 0 Å². The van der Waals surface area contributed by atoms with Crippen LogP contribution in [-0.2, 0) is 19.6 Å². The lowest BCUT2D eigenvalue weighted by Crippen LogP contribution is -2.40. The first kappa shape index (κ1) is 23.7. The molecular weight excluding hydrogens is 456 g/mol. The Bertz CT molecular complexity index is 1190. The first-order valence-corrected chi connectivity index (χ1v) is 12.3. The predicted molar refractivity (Wildman–Crippen MR) is 128 cm³/mol. The number of carbonyl (C=O) groups is 1. The summed E-state index contributed by atoms with van der Waals surface area (Å²) >= 11 is 0. The highest BCUT2D eigenvalue weighted by Crippen LogP contribution is 2.24. The summed E-state index contributed by atoms with van der Waals surface area (Å²) < 4.78 is 43.5. The normalized spacial score (nSPS) is 15.3. The Morgan fingerprint density at radius 3 is 2.12 bits per heavy atom. The Morgan fingerprint density at radius 2 is 1.47 bits per heavy atom. The van der Waals surface area contributed by atoms with Crippen LogP contribution < -0.4 is 14.8 Å². The van der Waals surface area contributed by atoms with E-state index in [-0.39, 0.29) is 10.8 Å². The van der Waals surface area contributed by atoms with E-state index >= 15 is 0 Å². The molecule has 4 rings (SSSR count). The fraction of sp³-hybridized carbons (Fsp3) is 0.240. The Hall–Kier alpha value is -3.40. The van der Waals surface area contributed by atoms with E-state index in [1.54, 1.807) is 43.3 Å². The Morgan fingerprint density at radius 1 is 0.882 bits per heavy atom. The molecule has 34 heavy (non-hydrogen) atoms. The summed E-state index contributed by atoms with van der Waals surface area (Å²) in [6.45, 7) is 3.06. The van der Waals surface area contributed by atoms with Crippen molar-refractivity contribution in [3.8, 4) is 17.2 Å². The zero-order valence-corrected chi connectivity index (χ0v) is 19.5. The maximum absolute atomic E-state index is 12.7. The molecule has 1 atom stereocenters.